The molecule has 0 bridgehead atoms. The number of rotatable bonds is 4. The number of aliphatic hydroxyl groups excluding tert-OH is 2. The summed E-state index contributed by atoms with van der Waals surface area (Å²) in [6.07, 6.45) is -1.64. The summed E-state index contributed by atoms with van der Waals surface area (Å²) >= 11 is 3.01. The van der Waals surface area contributed by atoms with E-state index in [1.54, 1.807) is 0 Å². The summed E-state index contributed by atoms with van der Waals surface area (Å²) in [6.45, 7) is 0. The molecule has 0 aromatic heterocycles. The maximum atomic E-state index is 10.5. The van der Waals surface area contributed by atoms with E-state index in [9.17, 15) is 20.1 Å². The average molecular weight is 275 g/mol. The van der Waals surface area contributed by atoms with Crippen LogP contribution in [0.25, 0.3) is 0 Å². The van der Waals surface area contributed by atoms with E-state index in [-0.39, 0.29) is 16.6 Å². The minimum Gasteiger partial charge on any atom is -0.508 e. The van der Waals surface area contributed by atoms with Gasteiger partial charge < -0.3 is 15.3 Å². The van der Waals surface area contributed by atoms with E-state index < -0.39 is 12.2 Å². The highest BCUT2D eigenvalue weighted by Gasteiger charge is 2.20. The molecule has 1 aromatic carbocycles. The highest BCUT2D eigenvalue weighted by molar-refractivity contribution is 9.09. The van der Waals surface area contributed by atoms with Gasteiger partial charge in [-0.3, -0.25) is 4.79 Å². The van der Waals surface area contributed by atoms with Crippen molar-refractivity contribution in [1.29, 1.82) is 0 Å². The van der Waals surface area contributed by atoms with E-state index in [2.05, 4.69) is 15.9 Å². The molecule has 2 atom stereocenters. The maximum Gasteiger partial charge on any atom is 0.150 e. The Bertz CT molecular complexity index is 353. The molecule has 0 saturated heterocycles. The molecule has 2 unspecified atom stereocenters. The van der Waals surface area contributed by atoms with E-state index >= 15 is 0 Å². The van der Waals surface area contributed by atoms with Gasteiger partial charge in [-0.1, -0.05) is 15.9 Å². The van der Waals surface area contributed by atoms with Crippen LogP contribution in [0.3, 0.4) is 0 Å². The van der Waals surface area contributed by atoms with E-state index in [1.165, 1.54) is 18.2 Å². The number of aromatic hydroxyl groups is 1. The third-order valence-electron chi connectivity index (χ3n) is 2.03. The summed E-state index contributed by atoms with van der Waals surface area (Å²) in [4.78, 5) is 10.5. The zero-order valence-electron chi connectivity index (χ0n) is 7.80. The topological polar surface area (TPSA) is 77.8 Å². The minimum atomic E-state index is -1.22. The van der Waals surface area contributed by atoms with Crippen LogP contribution in [0.1, 0.15) is 22.0 Å². The summed E-state index contributed by atoms with van der Waals surface area (Å²) < 4.78 is 0. The lowest BCUT2D eigenvalue weighted by Gasteiger charge is -2.17. The van der Waals surface area contributed by atoms with Crippen molar-refractivity contribution in [1.82, 2.24) is 0 Å². The number of halogens is 1. The van der Waals surface area contributed by atoms with Gasteiger partial charge in [0.2, 0.25) is 0 Å². The zero-order chi connectivity index (χ0) is 11.4. The molecule has 1 aromatic rings. The van der Waals surface area contributed by atoms with Crippen LogP contribution in [0.4, 0.5) is 0 Å². The number of hydrogen-bond acceptors (Lipinski definition) is 4. The van der Waals surface area contributed by atoms with E-state index in [0.29, 0.717) is 11.8 Å². The summed E-state index contributed by atoms with van der Waals surface area (Å²) in [5, 5.41) is 28.6. The van der Waals surface area contributed by atoms with Gasteiger partial charge in [-0.05, 0) is 18.2 Å². The molecule has 0 saturated carbocycles. The number of carbonyl (C=O) groups excluding carboxylic acids is 1. The van der Waals surface area contributed by atoms with Gasteiger partial charge in [-0.2, -0.15) is 0 Å². The van der Waals surface area contributed by atoms with Crippen LogP contribution in [0.5, 0.6) is 5.75 Å². The summed E-state index contributed by atoms with van der Waals surface area (Å²) in [6, 6.07) is 4.08. The molecular weight excluding hydrogens is 264 g/mol. The van der Waals surface area contributed by atoms with Crippen molar-refractivity contribution in [2.24, 2.45) is 0 Å². The van der Waals surface area contributed by atoms with Crippen molar-refractivity contribution >= 4 is 22.2 Å². The number of benzene rings is 1. The Labute approximate surface area is 95.3 Å². The van der Waals surface area contributed by atoms with Crippen LogP contribution in [-0.4, -0.2) is 33.0 Å². The Morgan fingerprint density at radius 3 is 2.60 bits per heavy atom. The first kappa shape index (κ1) is 12.2. The van der Waals surface area contributed by atoms with E-state index in [1.807, 2.05) is 0 Å². The lowest BCUT2D eigenvalue weighted by Crippen LogP contribution is -2.19. The molecule has 5 heteroatoms. The normalized spacial score (nSPS) is 14.6. The van der Waals surface area contributed by atoms with Crippen LogP contribution in [-0.2, 0) is 0 Å². The lowest BCUT2D eigenvalue weighted by atomic mass is 10.0. The first-order valence-corrected chi connectivity index (χ1v) is 5.42. The van der Waals surface area contributed by atoms with Gasteiger partial charge in [-0.25, -0.2) is 0 Å². The molecule has 0 heterocycles. The van der Waals surface area contributed by atoms with Crippen LogP contribution < -0.4 is 0 Å². The van der Waals surface area contributed by atoms with Crippen LogP contribution >= 0.6 is 15.9 Å². The monoisotopic (exact) mass is 274 g/mol. The molecule has 15 heavy (non-hydrogen) atoms. The van der Waals surface area contributed by atoms with Crippen LogP contribution in [0, 0.1) is 0 Å². The summed E-state index contributed by atoms with van der Waals surface area (Å²) in [7, 11) is 0. The first-order valence-electron chi connectivity index (χ1n) is 4.30. The predicted molar refractivity (Wildman–Crippen MR) is 58.3 cm³/mol. The van der Waals surface area contributed by atoms with E-state index in [0.717, 1.165) is 0 Å². The Morgan fingerprint density at radius 1 is 1.40 bits per heavy atom. The van der Waals surface area contributed by atoms with Crippen molar-refractivity contribution < 1.29 is 20.1 Å². The number of carbonyl (C=O) groups is 1. The largest absolute Gasteiger partial charge is 0.508 e. The molecular formula is C10H11BrO4. The third kappa shape index (κ3) is 2.77. The van der Waals surface area contributed by atoms with Crippen molar-refractivity contribution in [3.8, 4) is 5.75 Å². The minimum absolute atomic E-state index is 0.145. The molecule has 3 N–H and O–H groups in total. The number of aliphatic hydroxyl groups is 2. The number of aldehydes is 1. The quantitative estimate of drug-likeness (QED) is 0.565. The van der Waals surface area contributed by atoms with Crippen LogP contribution in [0.2, 0.25) is 0 Å². The lowest BCUT2D eigenvalue weighted by molar-refractivity contribution is 0.0327. The molecule has 4 nitrogen and oxygen atoms in total. The molecule has 0 radical (unpaired) electrons. The van der Waals surface area contributed by atoms with Crippen LogP contribution in [0.15, 0.2) is 18.2 Å². The molecule has 0 fully saturated rings. The van der Waals surface area contributed by atoms with Crippen molar-refractivity contribution in [3.63, 3.8) is 0 Å². The second kappa shape index (κ2) is 5.25. The van der Waals surface area contributed by atoms with Gasteiger partial charge in [0, 0.05) is 16.5 Å². The molecule has 0 aliphatic heterocycles. The number of phenols is 1. The Balaban J connectivity index is 3.06. The Morgan fingerprint density at radius 2 is 2.07 bits per heavy atom. The van der Waals surface area contributed by atoms with Gasteiger partial charge >= 0.3 is 0 Å². The molecule has 82 valence electrons. The second-order valence-electron chi connectivity index (χ2n) is 3.10. The van der Waals surface area contributed by atoms with Gasteiger partial charge in [0.25, 0.3) is 0 Å². The molecule has 0 aliphatic rings. The third-order valence-corrected chi connectivity index (χ3v) is 2.69. The number of alkyl halides is 1. The van der Waals surface area contributed by atoms with Gasteiger partial charge in [0.05, 0.1) is 6.10 Å². The predicted octanol–water partition coefficient (Wildman–Crippen LogP) is 0.994. The summed E-state index contributed by atoms with van der Waals surface area (Å²) in [5.74, 6) is -0.145. The summed E-state index contributed by atoms with van der Waals surface area (Å²) in [5.41, 5.74) is 0.482. The van der Waals surface area contributed by atoms with Gasteiger partial charge in [-0.15, -0.1) is 0 Å². The fourth-order valence-electron chi connectivity index (χ4n) is 1.17. The van der Waals surface area contributed by atoms with Crippen molar-refractivity contribution in [3.05, 3.63) is 29.3 Å². The molecule has 0 spiro atoms. The highest BCUT2D eigenvalue weighted by atomic mass is 79.9. The molecule has 0 aliphatic carbocycles. The number of hydrogen-bond donors (Lipinski definition) is 3. The van der Waals surface area contributed by atoms with Gasteiger partial charge in [0.15, 0.2) is 0 Å². The smallest absolute Gasteiger partial charge is 0.150 e. The zero-order valence-corrected chi connectivity index (χ0v) is 9.39. The molecule has 0 amide bonds. The van der Waals surface area contributed by atoms with Gasteiger partial charge in [0.1, 0.15) is 18.1 Å². The highest BCUT2D eigenvalue weighted by Crippen LogP contribution is 2.27. The van der Waals surface area contributed by atoms with E-state index in [4.69, 9.17) is 0 Å². The maximum absolute atomic E-state index is 10.5. The first-order chi connectivity index (χ1) is 7.10. The Hall–Kier alpha value is -0.910. The standard InChI is InChI=1S/C10H11BrO4/c11-4-9(14)10(15)7-3-6(5-12)1-2-8(7)13/h1-3,5,9-10,13-15H,4H2. The Kier molecular flexibility index (Phi) is 4.26. The average Bonchev–Trinajstić information content (AvgIpc) is 2.27. The fraction of sp³-hybridized carbons (Fsp3) is 0.300. The molecule has 1 rings (SSSR count). The SMILES string of the molecule is O=Cc1ccc(O)c(C(O)C(O)CBr)c1. The number of phenolic OH excluding ortho intramolecular Hbond substituents is 1. The van der Waals surface area contributed by atoms with Crippen molar-refractivity contribution in [2.75, 3.05) is 5.33 Å². The van der Waals surface area contributed by atoms with Crippen molar-refractivity contribution in [2.45, 2.75) is 12.2 Å². The second-order valence-corrected chi connectivity index (χ2v) is 3.75. The fourth-order valence-corrected chi connectivity index (χ4v) is 1.53.